The van der Waals surface area contributed by atoms with Crippen LogP contribution >= 0.6 is 0 Å². The van der Waals surface area contributed by atoms with Crippen molar-refractivity contribution in [2.24, 2.45) is 0 Å². The first-order valence-electron chi connectivity index (χ1n) is 4.64. The van der Waals surface area contributed by atoms with Gasteiger partial charge in [-0.15, -0.1) is 0 Å². The second-order valence-electron chi connectivity index (χ2n) is 3.51. The van der Waals surface area contributed by atoms with Gasteiger partial charge in [-0.1, -0.05) is 24.3 Å². The zero-order valence-electron chi connectivity index (χ0n) is 7.60. The fourth-order valence-electron chi connectivity index (χ4n) is 1.95. The van der Waals surface area contributed by atoms with Crippen LogP contribution in [-0.4, -0.2) is 13.1 Å². The van der Waals surface area contributed by atoms with Crippen LogP contribution in [0.5, 0.6) is 0 Å². The molecule has 0 atom stereocenters. The number of hydrogen-bond acceptors (Lipinski definition) is 2. The van der Waals surface area contributed by atoms with Gasteiger partial charge in [0.1, 0.15) is 5.68 Å². The van der Waals surface area contributed by atoms with Crippen molar-refractivity contribution in [2.45, 2.75) is 0 Å². The van der Waals surface area contributed by atoms with Gasteiger partial charge in [0.25, 0.3) is 0 Å². The van der Waals surface area contributed by atoms with Gasteiger partial charge in [-0.25, -0.2) is 0 Å². The summed E-state index contributed by atoms with van der Waals surface area (Å²) in [6, 6.07) is 8.12. The molecule has 66 valence electrons. The van der Waals surface area contributed by atoms with Crippen molar-refractivity contribution in [3.05, 3.63) is 47.7 Å². The van der Waals surface area contributed by atoms with Gasteiger partial charge in [0.05, 0.1) is 0 Å². The number of carbonyl (C=O) groups is 1. The Hall–Kier alpha value is -1.77. The third-order valence-corrected chi connectivity index (χ3v) is 2.60. The van der Waals surface area contributed by atoms with Crippen LogP contribution < -0.4 is 4.81 Å². The molecule has 0 bridgehead atoms. The molecule has 3 heteroatoms. The minimum atomic E-state index is 0.182. The number of rotatable bonds is 0. The standard InChI is InChI=1S/C11H8BNO/c14-11-7-9-6-5-8-3-1-2-4-10(8)13(9)12-11/h1-7,12H. The lowest BCUT2D eigenvalue weighted by Gasteiger charge is -2.25. The molecule has 1 aromatic rings. The molecule has 0 saturated carbocycles. The Kier molecular flexibility index (Phi) is 1.42. The maximum Gasteiger partial charge on any atom is 0.325 e. The highest BCUT2D eigenvalue weighted by Gasteiger charge is 2.26. The minimum absolute atomic E-state index is 0.182. The lowest BCUT2D eigenvalue weighted by atomic mass is 9.87. The molecule has 2 nitrogen and oxygen atoms in total. The highest BCUT2D eigenvalue weighted by Crippen LogP contribution is 2.31. The first-order valence-corrected chi connectivity index (χ1v) is 4.64. The van der Waals surface area contributed by atoms with E-state index < -0.39 is 0 Å². The van der Waals surface area contributed by atoms with Crippen LogP contribution in [0.25, 0.3) is 6.08 Å². The van der Waals surface area contributed by atoms with Gasteiger partial charge in [0.2, 0.25) is 0 Å². The zero-order valence-corrected chi connectivity index (χ0v) is 7.60. The topological polar surface area (TPSA) is 20.3 Å². The molecule has 3 rings (SSSR count). The van der Waals surface area contributed by atoms with E-state index in [1.807, 2.05) is 24.3 Å². The van der Waals surface area contributed by atoms with Gasteiger partial charge >= 0.3 is 7.41 Å². The Morgan fingerprint density at radius 3 is 2.93 bits per heavy atom. The van der Waals surface area contributed by atoms with Crippen molar-refractivity contribution < 1.29 is 4.79 Å². The molecule has 14 heavy (non-hydrogen) atoms. The molecule has 2 aliphatic heterocycles. The van der Waals surface area contributed by atoms with Crippen LogP contribution in [0.4, 0.5) is 5.69 Å². The van der Waals surface area contributed by atoms with Crippen LogP contribution in [0.3, 0.4) is 0 Å². The van der Waals surface area contributed by atoms with E-state index in [-0.39, 0.29) is 5.68 Å². The van der Waals surface area contributed by atoms with Gasteiger partial charge in [-0.3, -0.25) is 0 Å². The van der Waals surface area contributed by atoms with E-state index in [1.165, 1.54) is 5.56 Å². The number of fused-ring (bicyclic) bond motifs is 3. The molecule has 2 aliphatic rings. The molecule has 0 radical (unpaired) electrons. The summed E-state index contributed by atoms with van der Waals surface area (Å²) in [7, 11) is 0.483. The first-order chi connectivity index (χ1) is 6.84. The van der Waals surface area contributed by atoms with E-state index in [9.17, 15) is 4.79 Å². The second kappa shape index (κ2) is 2.61. The number of hydrogen-bond donors (Lipinski definition) is 0. The lowest BCUT2D eigenvalue weighted by molar-refractivity contribution is -0.107. The molecule has 0 saturated heterocycles. The average Bonchev–Trinajstić information content (AvgIpc) is 2.59. The molecular weight excluding hydrogens is 173 g/mol. The molecule has 0 spiro atoms. The molecule has 0 aromatic heterocycles. The fraction of sp³-hybridized carbons (Fsp3) is 0. The lowest BCUT2D eigenvalue weighted by Crippen LogP contribution is -2.26. The summed E-state index contributed by atoms with van der Waals surface area (Å²) in [4.78, 5) is 13.3. The largest absolute Gasteiger partial charge is 0.381 e. The maximum atomic E-state index is 11.3. The normalized spacial score (nSPS) is 17.3. The predicted molar refractivity (Wildman–Crippen MR) is 58.2 cm³/mol. The van der Waals surface area contributed by atoms with Gasteiger partial charge in [0.15, 0.2) is 0 Å². The van der Waals surface area contributed by atoms with E-state index in [0.717, 1.165) is 11.4 Å². The molecule has 0 fully saturated rings. The number of allylic oxidation sites excluding steroid dienone is 2. The third-order valence-electron chi connectivity index (χ3n) is 2.60. The average molecular weight is 181 g/mol. The van der Waals surface area contributed by atoms with Crippen molar-refractivity contribution in [2.75, 3.05) is 4.81 Å². The van der Waals surface area contributed by atoms with Crippen molar-refractivity contribution in [1.82, 2.24) is 0 Å². The van der Waals surface area contributed by atoms with E-state index in [0.29, 0.717) is 7.41 Å². The quantitative estimate of drug-likeness (QED) is 0.562. The number of nitrogens with zero attached hydrogens (tertiary/aromatic N) is 1. The smallest absolute Gasteiger partial charge is 0.325 e. The van der Waals surface area contributed by atoms with E-state index in [4.69, 9.17) is 0 Å². The van der Waals surface area contributed by atoms with Crippen LogP contribution in [0.15, 0.2) is 42.1 Å². The maximum absolute atomic E-state index is 11.3. The molecule has 0 amide bonds. The summed E-state index contributed by atoms with van der Waals surface area (Å²) < 4.78 is 0. The third kappa shape index (κ3) is 0.955. The van der Waals surface area contributed by atoms with Crippen LogP contribution in [-0.2, 0) is 4.79 Å². The summed E-state index contributed by atoms with van der Waals surface area (Å²) in [6.07, 6.45) is 5.75. The minimum Gasteiger partial charge on any atom is -0.381 e. The van der Waals surface area contributed by atoms with Crippen LogP contribution in [0, 0.1) is 0 Å². The summed E-state index contributed by atoms with van der Waals surface area (Å²) in [6.45, 7) is 0. The Morgan fingerprint density at radius 2 is 2.00 bits per heavy atom. The number of benzene rings is 1. The Bertz CT molecular complexity index is 476. The Labute approximate surface area is 82.8 Å². The summed E-state index contributed by atoms with van der Waals surface area (Å²) in [5.41, 5.74) is 3.50. The summed E-state index contributed by atoms with van der Waals surface area (Å²) in [5.74, 6) is 0. The van der Waals surface area contributed by atoms with Crippen molar-refractivity contribution >= 4 is 24.9 Å². The van der Waals surface area contributed by atoms with Gasteiger partial charge in [-0.05, 0) is 23.8 Å². The highest BCUT2D eigenvalue weighted by atomic mass is 16.1. The predicted octanol–water partition coefficient (Wildman–Crippen LogP) is 1.30. The molecule has 1 aromatic carbocycles. The SMILES string of the molecule is O=C1BN2C(=C1)C=Cc1ccccc12. The van der Waals surface area contributed by atoms with Crippen LogP contribution in [0.2, 0.25) is 0 Å². The fourth-order valence-corrected chi connectivity index (χ4v) is 1.95. The van der Waals surface area contributed by atoms with Crippen molar-refractivity contribution in [3.63, 3.8) is 0 Å². The highest BCUT2D eigenvalue weighted by molar-refractivity contribution is 6.81. The molecule has 2 heterocycles. The zero-order chi connectivity index (χ0) is 9.54. The van der Waals surface area contributed by atoms with E-state index in [1.54, 1.807) is 6.08 Å². The number of para-hydroxylation sites is 1. The molecular formula is C11H8BNO. The molecule has 0 unspecified atom stereocenters. The van der Waals surface area contributed by atoms with Crippen molar-refractivity contribution in [1.29, 1.82) is 0 Å². The summed E-state index contributed by atoms with van der Waals surface area (Å²) in [5, 5.41) is 0. The van der Waals surface area contributed by atoms with E-state index >= 15 is 0 Å². The number of carbonyl (C=O) groups excluding carboxylic acids is 1. The Balaban J connectivity index is 2.19. The monoisotopic (exact) mass is 181 g/mol. The Morgan fingerprint density at radius 1 is 1.14 bits per heavy atom. The van der Waals surface area contributed by atoms with E-state index in [2.05, 4.69) is 17.0 Å². The van der Waals surface area contributed by atoms with Crippen LogP contribution in [0.1, 0.15) is 5.56 Å². The first kappa shape index (κ1) is 7.62. The molecule has 0 N–H and O–H groups in total. The number of anilines is 1. The van der Waals surface area contributed by atoms with Crippen molar-refractivity contribution in [3.8, 4) is 0 Å². The van der Waals surface area contributed by atoms with Gasteiger partial charge in [-0.2, -0.15) is 0 Å². The molecule has 0 aliphatic carbocycles. The van der Waals surface area contributed by atoms with Gasteiger partial charge in [0, 0.05) is 11.4 Å². The summed E-state index contributed by atoms with van der Waals surface area (Å²) >= 11 is 0. The van der Waals surface area contributed by atoms with Gasteiger partial charge < -0.3 is 9.61 Å². The second-order valence-corrected chi connectivity index (χ2v) is 3.51.